The average Bonchev–Trinajstić information content (AvgIpc) is 2.59. The Morgan fingerprint density at radius 1 is 1.38 bits per heavy atom. The van der Waals surface area contributed by atoms with E-state index in [1.54, 1.807) is 11.3 Å². The third-order valence-corrected chi connectivity index (χ3v) is 5.25. The fourth-order valence-electron chi connectivity index (χ4n) is 1.66. The van der Waals surface area contributed by atoms with Crippen LogP contribution >= 0.6 is 38.9 Å². The van der Waals surface area contributed by atoms with Crippen LogP contribution in [0, 0.1) is 0 Å². The maximum atomic E-state index is 6.12. The minimum atomic E-state index is 0.149. The van der Waals surface area contributed by atoms with Gasteiger partial charge in [0.2, 0.25) is 0 Å². The monoisotopic (exact) mass is 323 g/mol. The molecule has 1 atom stereocenters. The lowest BCUT2D eigenvalue weighted by Crippen LogP contribution is -2.08. The van der Waals surface area contributed by atoms with Crippen LogP contribution in [0.5, 0.6) is 0 Å². The third kappa shape index (κ3) is 4.74. The van der Waals surface area contributed by atoms with Gasteiger partial charge in [-0.2, -0.15) is 0 Å². The van der Waals surface area contributed by atoms with E-state index in [0.717, 1.165) is 15.2 Å². The van der Waals surface area contributed by atoms with Crippen molar-refractivity contribution >= 4 is 38.9 Å². The standard InChI is InChI=1S/C12H19BrClNS/c1-2-3-4-5-6-7-10(15)11-8-9(14)12(13)16-11/h8,10H,2-7,15H2,1H3. The predicted molar refractivity (Wildman–Crippen MR) is 77.3 cm³/mol. The molecule has 4 heteroatoms. The van der Waals surface area contributed by atoms with E-state index in [-0.39, 0.29) is 6.04 Å². The van der Waals surface area contributed by atoms with Gasteiger partial charge in [0.1, 0.15) is 0 Å². The maximum absolute atomic E-state index is 6.12. The molecule has 1 unspecified atom stereocenters. The van der Waals surface area contributed by atoms with Gasteiger partial charge in [0.05, 0.1) is 8.81 Å². The van der Waals surface area contributed by atoms with Gasteiger partial charge in [0.15, 0.2) is 0 Å². The number of hydrogen-bond acceptors (Lipinski definition) is 2. The largest absolute Gasteiger partial charge is 0.323 e. The molecule has 0 saturated heterocycles. The summed E-state index contributed by atoms with van der Waals surface area (Å²) < 4.78 is 0.991. The van der Waals surface area contributed by atoms with Gasteiger partial charge in [-0.3, -0.25) is 0 Å². The highest BCUT2D eigenvalue weighted by molar-refractivity contribution is 9.11. The van der Waals surface area contributed by atoms with Crippen molar-refractivity contribution in [2.45, 2.75) is 51.5 Å². The smallest absolute Gasteiger partial charge is 0.0887 e. The van der Waals surface area contributed by atoms with E-state index < -0.39 is 0 Å². The lowest BCUT2D eigenvalue weighted by Gasteiger charge is -2.08. The van der Waals surface area contributed by atoms with Gasteiger partial charge in [-0.1, -0.05) is 50.6 Å². The lowest BCUT2D eigenvalue weighted by atomic mass is 10.1. The number of thiophene rings is 1. The molecule has 0 bridgehead atoms. The normalized spacial score (nSPS) is 13.0. The van der Waals surface area contributed by atoms with Crippen LogP contribution in [-0.4, -0.2) is 0 Å². The molecule has 0 aliphatic carbocycles. The highest BCUT2D eigenvalue weighted by atomic mass is 79.9. The highest BCUT2D eigenvalue weighted by Gasteiger charge is 2.11. The number of nitrogens with two attached hydrogens (primary N) is 1. The van der Waals surface area contributed by atoms with Crippen LogP contribution in [0.2, 0.25) is 5.02 Å². The Balaban J connectivity index is 2.27. The average molecular weight is 325 g/mol. The number of rotatable bonds is 7. The molecule has 0 aliphatic rings. The molecule has 16 heavy (non-hydrogen) atoms. The van der Waals surface area contributed by atoms with Gasteiger partial charge < -0.3 is 5.73 Å². The van der Waals surface area contributed by atoms with Gasteiger partial charge >= 0.3 is 0 Å². The Bertz CT molecular complexity index is 294. The zero-order chi connectivity index (χ0) is 12.0. The molecule has 1 nitrogen and oxygen atoms in total. The summed E-state index contributed by atoms with van der Waals surface area (Å²) in [6.07, 6.45) is 7.53. The van der Waals surface area contributed by atoms with Crippen LogP contribution in [0.4, 0.5) is 0 Å². The number of hydrogen-bond donors (Lipinski definition) is 1. The van der Waals surface area contributed by atoms with E-state index in [4.69, 9.17) is 17.3 Å². The molecule has 1 heterocycles. The molecule has 0 aliphatic heterocycles. The molecule has 0 spiro atoms. The summed E-state index contributed by atoms with van der Waals surface area (Å²) >= 11 is 11.1. The Hall–Kier alpha value is 0.430. The van der Waals surface area contributed by atoms with Crippen molar-refractivity contribution in [3.05, 3.63) is 19.8 Å². The Morgan fingerprint density at radius 2 is 2.06 bits per heavy atom. The summed E-state index contributed by atoms with van der Waals surface area (Å²) in [5.74, 6) is 0. The van der Waals surface area contributed by atoms with Crippen molar-refractivity contribution in [2.24, 2.45) is 5.73 Å². The van der Waals surface area contributed by atoms with Crippen molar-refractivity contribution in [2.75, 3.05) is 0 Å². The second-order valence-electron chi connectivity index (χ2n) is 4.08. The minimum Gasteiger partial charge on any atom is -0.323 e. The maximum Gasteiger partial charge on any atom is 0.0887 e. The summed E-state index contributed by atoms with van der Waals surface area (Å²) in [5, 5.41) is 0.779. The van der Waals surface area contributed by atoms with Crippen LogP contribution in [-0.2, 0) is 0 Å². The van der Waals surface area contributed by atoms with Crippen LogP contribution in [0.25, 0.3) is 0 Å². The van der Waals surface area contributed by atoms with Crippen LogP contribution < -0.4 is 5.73 Å². The first-order valence-corrected chi connectivity index (χ1v) is 7.84. The number of halogens is 2. The summed E-state index contributed by atoms with van der Waals surface area (Å²) in [5.41, 5.74) is 6.12. The molecule has 0 radical (unpaired) electrons. The van der Waals surface area contributed by atoms with E-state index in [1.807, 2.05) is 6.07 Å². The molecule has 0 fully saturated rings. The van der Waals surface area contributed by atoms with Gasteiger partial charge in [0.25, 0.3) is 0 Å². The van der Waals surface area contributed by atoms with Crippen molar-refractivity contribution in [1.29, 1.82) is 0 Å². The van der Waals surface area contributed by atoms with E-state index in [9.17, 15) is 0 Å². The Morgan fingerprint density at radius 3 is 2.62 bits per heavy atom. The van der Waals surface area contributed by atoms with E-state index in [1.165, 1.54) is 37.0 Å². The third-order valence-electron chi connectivity index (χ3n) is 2.65. The first-order chi connectivity index (χ1) is 7.65. The van der Waals surface area contributed by atoms with E-state index in [0.29, 0.717) is 0 Å². The zero-order valence-corrected chi connectivity index (χ0v) is 12.8. The van der Waals surface area contributed by atoms with Crippen molar-refractivity contribution in [3.8, 4) is 0 Å². The quantitative estimate of drug-likeness (QED) is 0.656. The molecule has 1 rings (SSSR count). The summed E-state index contributed by atoms with van der Waals surface area (Å²) in [4.78, 5) is 1.19. The van der Waals surface area contributed by atoms with Crippen LogP contribution in [0.15, 0.2) is 9.85 Å². The second-order valence-corrected chi connectivity index (χ2v) is 6.89. The van der Waals surface area contributed by atoms with Gasteiger partial charge in [-0.05, 0) is 28.4 Å². The Labute approximate surface area is 116 Å². The molecular formula is C12H19BrClNS. The predicted octanol–water partition coefficient (Wildman–Crippen LogP) is 5.52. The molecule has 0 amide bonds. The van der Waals surface area contributed by atoms with Crippen molar-refractivity contribution in [1.82, 2.24) is 0 Å². The van der Waals surface area contributed by atoms with Crippen LogP contribution in [0.1, 0.15) is 56.4 Å². The van der Waals surface area contributed by atoms with Gasteiger partial charge in [-0.15, -0.1) is 11.3 Å². The van der Waals surface area contributed by atoms with Gasteiger partial charge in [-0.25, -0.2) is 0 Å². The first kappa shape index (κ1) is 14.5. The topological polar surface area (TPSA) is 26.0 Å². The SMILES string of the molecule is CCCCCCCC(N)c1cc(Cl)c(Br)s1. The summed E-state index contributed by atoms with van der Waals surface area (Å²) in [7, 11) is 0. The van der Waals surface area contributed by atoms with Gasteiger partial charge in [0, 0.05) is 10.9 Å². The minimum absolute atomic E-state index is 0.149. The van der Waals surface area contributed by atoms with Crippen LogP contribution in [0.3, 0.4) is 0 Å². The first-order valence-electron chi connectivity index (χ1n) is 5.85. The second kappa shape index (κ2) is 7.70. The lowest BCUT2D eigenvalue weighted by molar-refractivity contribution is 0.559. The fraction of sp³-hybridized carbons (Fsp3) is 0.667. The highest BCUT2D eigenvalue weighted by Crippen LogP contribution is 2.35. The molecule has 0 aromatic carbocycles. The molecule has 2 N–H and O–H groups in total. The van der Waals surface area contributed by atoms with E-state index in [2.05, 4.69) is 22.9 Å². The van der Waals surface area contributed by atoms with Crippen molar-refractivity contribution < 1.29 is 0 Å². The summed E-state index contributed by atoms with van der Waals surface area (Å²) in [6, 6.07) is 2.13. The fourth-order valence-corrected chi connectivity index (χ4v) is 3.44. The molecule has 1 aromatic rings. The molecular weight excluding hydrogens is 306 g/mol. The summed E-state index contributed by atoms with van der Waals surface area (Å²) in [6.45, 7) is 2.23. The zero-order valence-electron chi connectivity index (χ0n) is 9.64. The van der Waals surface area contributed by atoms with Crippen molar-refractivity contribution in [3.63, 3.8) is 0 Å². The Kier molecular flexibility index (Phi) is 6.97. The molecule has 0 saturated carbocycles. The van der Waals surface area contributed by atoms with E-state index >= 15 is 0 Å². The number of unbranched alkanes of at least 4 members (excludes halogenated alkanes) is 4. The molecule has 1 aromatic heterocycles. The molecule has 92 valence electrons.